The van der Waals surface area contributed by atoms with Crippen LogP contribution in [0.15, 0.2) is 18.2 Å². The van der Waals surface area contributed by atoms with Gasteiger partial charge < -0.3 is 5.11 Å². The number of benzene rings is 1. The molecule has 1 aromatic carbocycles. The standard InChI is InChI=1S/C12H11ClFNO3S/c13-9-5-8(1-2-10(9)14)11(16)12(6-15)3-4-19(17,18)7-12/h1-2,5,11,16H,3-4,7H2. The highest BCUT2D eigenvalue weighted by Gasteiger charge is 2.48. The SMILES string of the molecule is N#CC1(C(O)c2ccc(F)c(Cl)c2)CCS(=O)(=O)C1. The first kappa shape index (κ1) is 14.3. The van der Waals surface area contributed by atoms with Crippen LogP contribution in [0, 0.1) is 22.6 Å². The van der Waals surface area contributed by atoms with Crippen LogP contribution in [-0.4, -0.2) is 25.0 Å². The Morgan fingerprint density at radius 3 is 2.68 bits per heavy atom. The monoisotopic (exact) mass is 303 g/mol. The predicted molar refractivity (Wildman–Crippen MR) is 67.7 cm³/mol. The van der Waals surface area contributed by atoms with Crippen LogP contribution in [0.25, 0.3) is 0 Å². The van der Waals surface area contributed by atoms with Crippen molar-refractivity contribution in [2.45, 2.75) is 12.5 Å². The molecule has 0 bridgehead atoms. The third-order valence-electron chi connectivity index (χ3n) is 3.34. The van der Waals surface area contributed by atoms with Gasteiger partial charge in [0.2, 0.25) is 0 Å². The van der Waals surface area contributed by atoms with Gasteiger partial charge in [0.1, 0.15) is 11.2 Å². The molecule has 2 unspecified atom stereocenters. The largest absolute Gasteiger partial charge is 0.387 e. The smallest absolute Gasteiger partial charge is 0.152 e. The van der Waals surface area contributed by atoms with Crippen molar-refractivity contribution in [3.8, 4) is 6.07 Å². The van der Waals surface area contributed by atoms with E-state index in [-0.39, 0.29) is 22.8 Å². The lowest BCUT2D eigenvalue weighted by atomic mass is 9.80. The Hall–Kier alpha value is -1.16. The number of aliphatic hydroxyl groups excluding tert-OH is 1. The second kappa shape index (κ2) is 4.75. The number of halogens is 2. The van der Waals surface area contributed by atoms with Crippen LogP contribution in [0.5, 0.6) is 0 Å². The van der Waals surface area contributed by atoms with Crippen molar-refractivity contribution in [1.82, 2.24) is 0 Å². The third kappa shape index (κ3) is 2.59. The zero-order valence-corrected chi connectivity index (χ0v) is 11.4. The van der Waals surface area contributed by atoms with Crippen LogP contribution >= 0.6 is 11.6 Å². The van der Waals surface area contributed by atoms with E-state index in [0.29, 0.717) is 0 Å². The van der Waals surface area contributed by atoms with E-state index in [2.05, 4.69) is 0 Å². The topological polar surface area (TPSA) is 78.2 Å². The summed E-state index contributed by atoms with van der Waals surface area (Å²) in [5.41, 5.74) is -1.15. The van der Waals surface area contributed by atoms with Crippen LogP contribution in [0.4, 0.5) is 4.39 Å². The number of aliphatic hydroxyl groups is 1. The summed E-state index contributed by atoms with van der Waals surface area (Å²) in [5, 5.41) is 19.3. The molecule has 7 heteroatoms. The number of hydrogen-bond donors (Lipinski definition) is 1. The molecule has 1 aliphatic heterocycles. The van der Waals surface area contributed by atoms with E-state index in [0.717, 1.165) is 6.07 Å². The maximum absolute atomic E-state index is 13.1. The minimum atomic E-state index is -3.33. The number of hydrogen-bond acceptors (Lipinski definition) is 4. The number of nitrogens with zero attached hydrogens (tertiary/aromatic N) is 1. The van der Waals surface area contributed by atoms with Crippen LogP contribution in [0.2, 0.25) is 5.02 Å². The summed E-state index contributed by atoms with van der Waals surface area (Å²) in [6.07, 6.45) is -1.25. The molecule has 1 saturated heterocycles. The van der Waals surface area contributed by atoms with Gasteiger partial charge in [-0.05, 0) is 24.1 Å². The average molecular weight is 304 g/mol. The van der Waals surface area contributed by atoms with Gasteiger partial charge in [0, 0.05) is 0 Å². The fourth-order valence-corrected chi connectivity index (χ4v) is 4.40. The summed E-state index contributed by atoms with van der Waals surface area (Å²) in [4.78, 5) is 0. The lowest BCUT2D eigenvalue weighted by molar-refractivity contribution is 0.0793. The highest BCUT2D eigenvalue weighted by molar-refractivity contribution is 7.91. The van der Waals surface area contributed by atoms with Gasteiger partial charge in [0.05, 0.1) is 28.7 Å². The Bertz CT molecular complexity index is 655. The fraction of sp³-hybridized carbons (Fsp3) is 0.417. The molecule has 19 heavy (non-hydrogen) atoms. The zero-order chi connectivity index (χ0) is 14.3. The summed E-state index contributed by atoms with van der Waals surface area (Å²) in [6, 6.07) is 5.49. The van der Waals surface area contributed by atoms with E-state index >= 15 is 0 Å². The van der Waals surface area contributed by atoms with Gasteiger partial charge in [-0.25, -0.2) is 12.8 Å². The van der Waals surface area contributed by atoms with Gasteiger partial charge in [-0.3, -0.25) is 0 Å². The molecular weight excluding hydrogens is 293 g/mol. The number of sulfone groups is 1. The van der Waals surface area contributed by atoms with Crippen LogP contribution in [0.3, 0.4) is 0 Å². The minimum absolute atomic E-state index is 0.0575. The van der Waals surface area contributed by atoms with Crippen LogP contribution in [-0.2, 0) is 9.84 Å². The Balaban J connectivity index is 2.40. The molecule has 0 saturated carbocycles. The third-order valence-corrected chi connectivity index (χ3v) is 5.41. The molecule has 0 aromatic heterocycles. The van der Waals surface area contributed by atoms with Crippen molar-refractivity contribution in [2.24, 2.45) is 5.41 Å². The molecule has 0 amide bonds. The van der Waals surface area contributed by atoms with Crippen molar-refractivity contribution in [1.29, 1.82) is 5.26 Å². The van der Waals surface area contributed by atoms with Crippen molar-refractivity contribution in [3.63, 3.8) is 0 Å². The lowest BCUT2D eigenvalue weighted by Crippen LogP contribution is -2.28. The molecule has 1 aliphatic rings. The van der Waals surface area contributed by atoms with Crippen molar-refractivity contribution in [3.05, 3.63) is 34.6 Å². The second-order valence-corrected chi connectivity index (χ2v) is 7.28. The normalized spacial score (nSPS) is 26.8. The Morgan fingerprint density at radius 2 is 2.21 bits per heavy atom. The molecule has 1 aromatic rings. The summed E-state index contributed by atoms with van der Waals surface area (Å²) in [6.45, 7) is 0. The van der Waals surface area contributed by atoms with Crippen molar-refractivity contribution >= 4 is 21.4 Å². The van der Waals surface area contributed by atoms with Crippen LogP contribution < -0.4 is 0 Å². The van der Waals surface area contributed by atoms with Crippen LogP contribution in [0.1, 0.15) is 18.1 Å². The minimum Gasteiger partial charge on any atom is -0.387 e. The van der Waals surface area contributed by atoms with E-state index in [1.54, 1.807) is 0 Å². The first-order valence-electron chi connectivity index (χ1n) is 5.54. The van der Waals surface area contributed by atoms with Gasteiger partial charge in [0.25, 0.3) is 0 Å². The highest BCUT2D eigenvalue weighted by Crippen LogP contribution is 2.43. The average Bonchev–Trinajstić information content (AvgIpc) is 2.69. The molecule has 1 heterocycles. The van der Waals surface area contributed by atoms with E-state index < -0.39 is 32.9 Å². The van der Waals surface area contributed by atoms with Crippen molar-refractivity contribution in [2.75, 3.05) is 11.5 Å². The summed E-state index contributed by atoms with van der Waals surface area (Å²) in [5.74, 6) is -1.16. The van der Waals surface area contributed by atoms with Gasteiger partial charge in [-0.1, -0.05) is 17.7 Å². The van der Waals surface area contributed by atoms with Gasteiger partial charge >= 0.3 is 0 Å². The van der Waals surface area contributed by atoms with Gasteiger partial charge in [-0.2, -0.15) is 5.26 Å². The Morgan fingerprint density at radius 1 is 1.53 bits per heavy atom. The van der Waals surface area contributed by atoms with Gasteiger partial charge in [-0.15, -0.1) is 0 Å². The summed E-state index contributed by atoms with van der Waals surface area (Å²) >= 11 is 5.62. The molecule has 2 atom stereocenters. The molecular formula is C12H11ClFNO3S. The second-order valence-electron chi connectivity index (χ2n) is 4.69. The molecule has 102 valence electrons. The predicted octanol–water partition coefficient (Wildman–Crippen LogP) is 1.84. The van der Waals surface area contributed by atoms with E-state index in [1.807, 2.05) is 6.07 Å². The molecule has 0 radical (unpaired) electrons. The number of nitriles is 1. The fourth-order valence-electron chi connectivity index (χ4n) is 2.24. The van der Waals surface area contributed by atoms with E-state index in [1.165, 1.54) is 12.1 Å². The molecule has 1 fully saturated rings. The van der Waals surface area contributed by atoms with Gasteiger partial charge in [0.15, 0.2) is 9.84 Å². The van der Waals surface area contributed by atoms with E-state index in [4.69, 9.17) is 11.6 Å². The number of rotatable bonds is 2. The first-order valence-corrected chi connectivity index (χ1v) is 7.74. The highest BCUT2D eigenvalue weighted by atomic mass is 35.5. The Labute approximate surface area is 115 Å². The van der Waals surface area contributed by atoms with E-state index in [9.17, 15) is 23.2 Å². The zero-order valence-electron chi connectivity index (χ0n) is 9.81. The molecule has 4 nitrogen and oxygen atoms in total. The molecule has 1 N–H and O–H groups in total. The quantitative estimate of drug-likeness (QED) is 0.904. The summed E-state index contributed by atoms with van der Waals surface area (Å²) < 4.78 is 36.1. The summed E-state index contributed by atoms with van der Waals surface area (Å²) in [7, 11) is -3.33. The first-order chi connectivity index (χ1) is 8.80. The molecule has 2 rings (SSSR count). The van der Waals surface area contributed by atoms with Crippen molar-refractivity contribution < 1.29 is 17.9 Å². The lowest BCUT2D eigenvalue weighted by Gasteiger charge is -2.26. The Kier molecular flexibility index (Phi) is 3.56. The molecule has 0 spiro atoms. The maximum Gasteiger partial charge on any atom is 0.152 e. The molecule has 0 aliphatic carbocycles. The maximum atomic E-state index is 13.1.